The molecule has 4 aromatic carbocycles. The van der Waals surface area contributed by atoms with Gasteiger partial charge in [0, 0.05) is 38.0 Å². The van der Waals surface area contributed by atoms with E-state index >= 15 is 0 Å². The largest absolute Gasteiger partial charge is 0.312 e. The van der Waals surface area contributed by atoms with Crippen molar-refractivity contribution >= 4 is 0 Å². The number of aryl methyl sites for hydroxylation is 6. The van der Waals surface area contributed by atoms with Crippen LogP contribution in [0.2, 0.25) is 0 Å². The molecule has 2 N–H and O–H groups in total. The van der Waals surface area contributed by atoms with Crippen molar-refractivity contribution in [3.63, 3.8) is 0 Å². The predicted octanol–water partition coefficient (Wildman–Crippen LogP) is 7.98. The molecule has 2 unspecified atom stereocenters. The number of nitrogens with one attached hydrogen (secondary N) is 2. The van der Waals surface area contributed by atoms with E-state index in [1.807, 2.05) is 0 Å². The molecule has 0 aliphatic carbocycles. The van der Waals surface area contributed by atoms with Crippen LogP contribution in [-0.4, -0.2) is 13.1 Å². The van der Waals surface area contributed by atoms with Gasteiger partial charge in [0.15, 0.2) is 0 Å². The highest BCUT2D eigenvalue weighted by molar-refractivity contribution is 5.38. The summed E-state index contributed by atoms with van der Waals surface area (Å²) in [6.45, 7) is 16.9. The molecule has 0 radical (unpaired) electrons. The summed E-state index contributed by atoms with van der Waals surface area (Å²) in [5, 5.41) is 7.71. The summed E-state index contributed by atoms with van der Waals surface area (Å²) in [5.74, 6) is 0.690. The summed E-state index contributed by atoms with van der Waals surface area (Å²) >= 11 is 0. The highest BCUT2D eigenvalue weighted by Gasteiger charge is 2.25. The molecule has 0 spiro atoms. The molecule has 0 aliphatic heterocycles. The zero-order chi connectivity index (χ0) is 27.1. The Balaban J connectivity index is 1.57. The Bertz CT molecular complexity index is 1170. The topological polar surface area (TPSA) is 24.1 Å². The molecule has 0 amide bonds. The first kappa shape index (κ1) is 27.8. The monoisotopic (exact) mass is 504 g/mol. The van der Waals surface area contributed by atoms with Gasteiger partial charge < -0.3 is 10.6 Å². The van der Waals surface area contributed by atoms with Gasteiger partial charge in [-0.15, -0.1) is 0 Å². The number of rotatable bonds is 11. The molecular weight excluding hydrogens is 460 g/mol. The molecule has 2 nitrogen and oxygen atoms in total. The van der Waals surface area contributed by atoms with E-state index in [1.165, 1.54) is 55.6 Å². The molecule has 0 bridgehead atoms. The Morgan fingerprint density at radius 1 is 0.474 bits per heavy atom. The first-order valence-corrected chi connectivity index (χ1v) is 14.0. The van der Waals surface area contributed by atoms with Crippen LogP contribution in [0.1, 0.15) is 67.5 Å². The lowest BCUT2D eigenvalue weighted by Gasteiger charge is -2.29. The second-order valence-electron chi connectivity index (χ2n) is 11.1. The maximum Gasteiger partial charge on any atom is 0.0211 e. The summed E-state index contributed by atoms with van der Waals surface area (Å²) < 4.78 is 0. The molecule has 0 aromatic heterocycles. The molecule has 4 rings (SSSR count). The molecule has 38 heavy (non-hydrogen) atoms. The highest BCUT2D eigenvalue weighted by Crippen LogP contribution is 2.33. The van der Waals surface area contributed by atoms with Gasteiger partial charge in [0.1, 0.15) is 0 Å². The van der Waals surface area contributed by atoms with Gasteiger partial charge in [0.05, 0.1) is 0 Å². The number of hydrogen-bond acceptors (Lipinski definition) is 2. The van der Waals surface area contributed by atoms with Gasteiger partial charge in [-0.1, -0.05) is 96.1 Å². The van der Waals surface area contributed by atoms with Gasteiger partial charge >= 0.3 is 0 Å². The molecule has 0 saturated carbocycles. The van der Waals surface area contributed by atoms with Crippen LogP contribution in [0.25, 0.3) is 0 Å². The SMILES string of the molecule is Cc1cc(C)c(CNCC(c2ccccc2)C(CNCc2c(C)cc(C)cc2C)c2ccccc2)c(C)c1. The number of benzene rings is 4. The van der Waals surface area contributed by atoms with Gasteiger partial charge in [-0.2, -0.15) is 0 Å². The summed E-state index contributed by atoms with van der Waals surface area (Å²) in [5.41, 5.74) is 13.8. The van der Waals surface area contributed by atoms with Crippen molar-refractivity contribution < 1.29 is 0 Å². The van der Waals surface area contributed by atoms with Crippen molar-refractivity contribution in [1.82, 2.24) is 10.6 Å². The first-order valence-electron chi connectivity index (χ1n) is 14.0. The standard InChI is InChI=1S/C36H44N2/c1-25-17-27(3)33(28(4)18-25)21-37-23-35(31-13-9-7-10-14-31)36(32-15-11-8-12-16-32)24-38-22-34-29(5)19-26(2)20-30(34)6/h7-20,35-38H,21-24H2,1-6H3. The summed E-state index contributed by atoms with van der Waals surface area (Å²) in [6, 6.07) is 31.3. The minimum Gasteiger partial charge on any atom is -0.312 e. The molecule has 4 aromatic rings. The van der Waals surface area contributed by atoms with Crippen molar-refractivity contribution in [3.05, 3.63) is 141 Å². The summed E-state index contributed by atoms with van der Waals surface area (Å²) in [7, 11) is 0. The van der Waals surface area contributed by atoms with E-state index in [0.29, 0.717) is 11.8 Å². The van der Waals surface area contributed by atoms with Crippen LogP contribution in [0.4, 0.5) is 0 Å². The van der Waals surface area contributed by atoms with Gasteiger partial charge in [0.25, 0.3) is 0 Å². The zero-order valence-electron chi connectivity index (χ0n) is 24.1. The quantitative estimate of drug-likeness (QED) is 0.216. The zero-order valence-corrected chi connectivity index (χ0v) is 24.1. The first-order chi connectivity index (χ1) is 18.3. The Labute approximate surface area is 230 Å². The van der Waals surface area contributed by atoms with Crippen molar-refractivity contribution in [2.24, 2.45) is 0 Å². The van der Waals surface area contributed by atoms with Crippen molar-refractivity contribution in [2.75, 3.05) is 13.1 Å². The maximum absolute atomic E-state index is 3.86. The summed E-state index contributed by atoms with van der Waals surface area (Å²) in [6.07, 6.45) is 0. The van der Waals surface area contributed by atoms with Crippen LogP contribution in [0.3, 0.4) is 0 Å². The fraction of sp³-hybridized carbons (Fsp3) is 0.333. The fourth-order valence-electron chi connectivity index (χ4n) is 6.07. The third-order valence-corrected chi connectivity index (χ3v) is 7.95. The molecular formula is C36H44N2. The van der Waals surface area contributed by atoms with E-state index < -0.39 is 0 Å². The molecule has 0 fully saturated rings. The van der Waals surface area contributed by atoms with Crippen LogP contribution >= 0.6 is 0 Å². The molecule has 198 valence electrons. The van der Waals surface area contributed by atoms with Crippen LogP contribution < -0.4 is 10.6 Å². The van der Waals surface area contributed by atoms with Crippen molar-refractivity contribution in [2.45, 2.75) is 66.5 Å². The third kappa shape index (κ3) is 7.01. The molecule has 2 heteroatoms. The summed E-state index contributed by atoms with van der Waals surface area (Å²) in [4.78, 5) is 0. The normalized spacial score (nSPS) is 12.9. The number of hydrogen-bond donors (Lipinski definition) is 2. The van der Waals surface area contributed by atoms with Gasteiger partial charge in [-0.05, 0) is 86.1 Å². The van der Waals surface area contributed by atoms with Crippen LogP contribution in [-0.2, 0) is 13.1 Å². The smallest absolute Gasteiger partial charge is 0.0211 e. The molecule has 0 aliphatic rings. The average Bonchev–Trinajstić information content (AvgIpc) is 2.88. The Morgan fingerprint density at radius 3 is 1.11 bits per heavy atom. The van der Waals surface area contributed by atoms with Crippen LogP contribution in [0.15, 0.2) is 84.9 Å². The molecule has 0 heterocycles. The van der Waals surface area contributed by atoms with E-state index in [9.17, 15) is 0 Å². The van der Waals surface area contributed by atoms with Gasteiger partial charge in [-0.25, -0.2) is 0 Å². The van der Waals surface area contributed by atoms with E-state index in [0.717, 1.165) is 26.2 Å². The Morgan fingerprint density at radius 2 is 0.789 bits per heavy atom. The van der Waals surface area contributed by atoms with Crippen molar-refractivity contribution in [1.29, 1.82) is 0 Å². The fourth-order valence-corrected chi connectivity index (χ4v) is 6.07. The Hall–Kier alpha value is -3.20. The Kier molecular flexibility index (Phi) is 9.55. The van der Waals surface area contributed by atoms with E-state index in [4.69, 9.17) is 0 Å². The minimum atomic E-state index is 0.345. The van der Waals surface area contributed by atoms with Gasteiger partial charge in [0.2, 0.25) is 0 Å². The van der Waals surface area contributed by atoms with E-state index in [1.54, 1.807) is 0 Å². The maximum atomic E-state index is 3.86. The lowest BCUT2D eigenvalue weighted by Crippen LogP contribution is -2.32. The third-order valence-electron chi connectivity index (χ3n) is 7.95. The lowest BCUT2D eigenvalue weighted by molar-refractivity contribution is 0.463. The van der Waals surface area contributed by atoms with Crippen LogP contribution in [0, 0.1) is 41.5 Å². The van der Waals surface area contributed by atoms with Gasteiger partial charge in [-0.3, -0.25) is 0 Å². The van der Waals surface area contributed by atoms with Crippen LogP contribution in [0.5, 0.6) is 0 Å². The minimum absolute atomic E-state index is 0.345. The average molecular weight is 505 g/mol. The predicted molar refractivity (Wildman–Crippen MR) is 163 cm³/mol. The van der Waals surface area contributed by atoms with Crippen molar-refractivity contribution in [3.8, 4) is 0 Å². The second kappa shape index (κ2) is 13.0. The van der Waals surface area contributed by atoms with E-state index in [-0.39, 0.29) is 0 Å². The second-order valence-corrected chi connectivity index (χ2v) is 11.1. The molecule has 2 atom stereocenters. The van der Waals surface area contributed by atoms with E-state index in [2.05, 4.69) is 137 Å². The lowest BCUT2D eigenvalue weighted by atomic mass is 9.81. The highest BCUT2D eigenvalue weighted by atomic mass is 14.9. The molecule has 0 saturated heterocycles.